The second-order valence-electron chi connectivity index (χ2n) is 9.69. The molecule has 2 N–H and O–H groups in total. The molecular formula is C23H35N2O3+. The lowest BCUT2D eigenvalue weighted by atomic mass is 9.53. The molecule has 5 heteroatoms. The van der Waals surface area contributed by atoms with E-state index in [0.717, 1.165) is 35.8 Å². The number of amides is 1. The Kier molecular flexibility index (Phi) is 5.30. The highest BCUT2D eigenvalue weighted by Gasteiger charge is 2.51. The van der Waals surface area contributed by atoms with Crippen molar-refractivity contribution >= 4 is 5.91 Å². The van der Waals surface area contributed by atoms with Crippen LogP contribution in [0.4, 0.5) is 0 Å². The molecule has 1 amide bonds. The average Bonchev–Trinajstić information content (AvgIpc) is 2.61. The number of aryl methyl sites for hydroxylation is 1. The lowest BCUT2D eigenvalue weighted by molar-refractivity contribution is -0.885. The van der Waals surface area contributed by atoms with Gasteiger partial charge in [-0.25, -0.2) is 0 Å². The van der Waals surface area contributed by atoms with Gasteiger partial charge in [0.05, 0.1) is 21.3 Å². The quantitative estimate of drug-likeness (QED) is 0.754. The fourth-order valence-corrected chi connectivity index (χ4v) is 6.48. The van der Waals surface area contributed by atoms with Gasteiger partial charge in [-0.05, 0) is 80.9 Å². The van der Waals surface area contributed by atoms with E-state index in [0.29, 0.717) is 6.54 Å². The standard InChI is InChI=1S/C23H34N2O3/c1-15-5-20(27-3)21(28-4)9-19(15)13-25(2)14-22(26)24-23-10-16-6-17(11-23)8-18(7-16)12-23/h5,9,16-18H,6-8,10-14H2,1-4H3,(H,24,26)/p+1. The minimum atomic E-state index is 0.103. The number of carbonyl (C=O) groups excluding carboxylic acids is 1. The monoisotopic (exact) mass is 387 g/mol. The Balaban J connectivity index is 1.36. The largest absolute Gasteiger partial charge is 0.493 e. The van der Waals surface area contributed by atoms with Crippen molar-refractivity contribution in [3.8, 4) is 11.5 Å². The van der Waals surface area contributed by atoms with Gasteiger partial charge in [0.1, 0.15) is 6.54 Å². The first kappa shape index (κ1) is 19.6. The molecule has 1 aromatic rings. The molecule has 0 radical (unpaired) electrons. The third-order valence-electron chi connectivity index (χ3n) is 7.24. The van der Waals surface area contributed by atoms with Gasteiger partial charge in [0.25, 0.3) is 5.91 Å². The van der Waals surface area contributed by atoms with Crippen LogP contribution in [0.25, 0.3) is 0 Å². The third-order valence-corrected chi connectivity index (χ3v) is 7.24. The van der Waals surface area contributed by atoms with E-state index in [1.165, 1.54) is 54.6 Å². The molecule has 1 aromatic carbocycles. The Morgan fingerprint density at radius 2 is 1.61 bits per heavy atom. The van der Waals surface area contributed by atoms with E-state index in [2.05, 4.69) is 19.3 Å². The topological polar surface area (TPSA) is 52.0 Å². The zero-order valence-corrected chi connectivity index (χ0v) is 17.8. The first-order valence-corrected chi connectivity index (χ1v) is 10.7. The molecule has 1 unspecified atom stereocenters. The first-order valence-electron chi connectivity index (χ1n) is 10.7. The van der Waals surface area contributed by atoms with E-state index >= 15 is 0 Å². The lowest BCUT2D eigenvalue weighted by Crippen LogP contribution is -3.09. The van der Waals surface area contributed by atoms with Crippen LogP contribution in [-0.4, -0.2) is 39.3 Å². The second-order valence-corrected chi connectivity index (χ2v) is 9.69. The smallest absolute Gasteiger partial charge is 0.275 e. The number of ether oxygens (including phenoxy) is 2. The number of likely N-dealkylation sites (N-methyl/N-ethyl adjacent to an activating group) is 1. The molecule has 28 heavy (non-hydrogen) atoms. The molecule has 0 heterocycles. The van der Waals surface area contributed by atoms with Gasteiger partial charge in [-0.15, -0.1) is 0 Å². The van der Waals surface area contributed by atoms with Crippen molar-refractivity contribution in [1.82, 2.24) is 5.32 Å². The van der Waals surface area contributed by atoms with Crippen molar-refractivity contribution < 1.29 is 19.2 Å². The fraction of sp³-hybridized carbons (Fsp3) is 0.696. The molecule has 4 aliphatic rings. The van der Waals surface area contributed by atoms with Gasteiger partial charge in [-0.1, -0.05) is 0 Å². The maximum Gasteiger partial charge on any atom is 0.275 e. The maximum atomic E-state index is 12.9. The summed E-state index contributed by atoms with van der Waals surface area (Å²) in [5.41, 5.74) is 2.46. The highest BCUT2D eigenvalue weighted by Crippen LogP contribution is 2.55. The number of methoxy groups -OCH3 is 2. The molecular weight excluding hydrogens is 352 g/mol. The van der Waals surface area contributed by atoms with Crippen molar-refractivity contribution in [2.75, 3.05) is 27.8 Å². The van der Waals surface area contributed by atoms with Crippen LogP contribution < -0.4 is 19.7 Å². The predicted octanol–water partition coefficient (Wildman–Crippen LogP) is 2.11. The Morgan fingerprint density at radius 1 is 1.07 bits per heavy atom. The van der Waals surface area contributed by atoms with Gasteiger partial charge in [0.2, 0.25) is 0 Å². The van der Waals surface area contributed by atoms with Crippen molar-refractivity contribution in [2.45, 2.75) is 57.5 Å². The van der Waals surface area contributed by atoms with Crippen LogP contribution in [0, 0.1) is 24.7 Å². The van der Waals surface area contributed by atoms with Gasteiger partial charge in [-0.3, -0.25) is 4.79 Å². The Hall–Kier alpha value is -1.75. The minimum Gasteiger partial charge on any atom is -0.493 e. The van der Waals surface area contributed by atoms with Crippen LogP contribution in [0.2, 0.25) is 0 Å². The number of benzene rings is 1. The van der Waals surface area contributed by atoms with Crippen LogP contribution in [0.5, 0.6) is 11.5 Å². The zero-order chi connectivity index (χ0) is 19.9. The summed E-state index contributed by atoms with van der Waals surface area (Å²) in [5, 5.41) is 3.49. The number of hydrogen-bond acceptors (Lipinski definition) is 3. The number of rotatable bonds is 7. The lowest BCUT2D eigenvalue weighted by Gasteiger charge is -2.56. The summed E-state index contributed by atoms with van der Waals surface area (Å²) >= 11 is 0. The van der Waals surface area contributed by atoms with Gasteiger partial charge in [0.15, 0.2) is 18.0 Å². The molecule has 0 aromatic heterocycles. The number of carbonyl (C=O) groups is 1. The summed E-state index contributed by atoms with van der Waals surface area (Å²) in [6.45, 7) is 3.39. The Labute approximate surface area is 168 Å². The zero-order valence-electron chi connectivity index (χ0n) is 17.8. The third kappa shape index (κ3) is 3.86. The predicted molar refractivity (Wildman–Crippen MR) is 109 cm³/mol. The molecule has 0 aliphatic heterocycles. The number of nitrogens with one attached hydrogen (secondary N) is 2. The van der Waals surface area contributed by atoms with Crippen LogP contribution in [0.3, 0.4) is 0 Å². The van der Waals surface area contributed by atoms with E-state index in [9.17, 15) is 4.79 Å². The van der Waals surface area contributed by atoms with E-state index in [-0.39, 0.29) is 11.4 Å². The molecule has 5 rings (SSSR count). The maximum absolute atomic E-state index is 12.9. The van der Waals surface area contributed by atoms with Crippen LogP contribution in [0.1, 0.15) is 49.7 Å². The summed E-state index contributed by atoms with van der Waals surface area (Å²) in [5.74, 6) is 4.26. The minimum absolute atomic E-state index is 0.103. The SMILES string of the molecule is COc1cc(C)c(C[NH+](C)CC(=O)NC23CC4CC(CC(C4)C2)C3)cc1OC. The molecule has 4 aliphatic carbocycles. The van der Waals surface area contributed by atoms with Gasteiger partial charge in [0, 0.05) is 11.1 Å². The average molecular weight is 388 g/mol. The van der Waals surface area contributed by atoms with Crippen molar-refractivity contribution in [1.29, 1.82) is 0 Å². The molecule has 154 valence electrons. The van der Waals surface area contributed by atoms with E-state index in [4.69, 9.17) is 9.47 Å². The van der Waals surface area contributed by atoms with Gasteiger partial charge < -0.3 is 19.7 Å². The van der Waals surface area contributed by atoms with Crippen LogP contribution >= 0.6 is 0 Å². The van der Waals surface area contributed by atoms with Crippen molar-refractivity contribution in [3.63, 3.8) is 0 Å². The van der Waals surface area contributed by atoms with Crippen LogP contribution in [0.15, 0.2) is 12.1 Å². The number of quaternary nitrogens is 1. The fourth-order valence-electron chi connectivity index (χ4n) is 6.48. The second kappa shape index (κ2) is 7.58. The Morgan fingerprint density at radius 3 is 2.14 bits per heavy atom. The summed E-state index contributed by atoms with van der Waals surface area (Å²) < 4.78 is 10.8. The molecule has 4 fully saturated rings. The van der Waals surface area contributed by atoms with Crippen molar-refractivity contribution in [2.24, 2.45) is 17.8 Å². The highest BCUT2D eigenvalue weighted by molar-refractivity contribution is 5.77. The normalized spacial score (nSPS) is 31.5. The molecule has 4 bridgehead atoms. The first-order chi connectivity index (χ1) is 13.4. The highest BCUT2D eigenvalue weighted by atomic mass is 16.5. The number of hydrogen-bond donors (Lipinski definition) is 2. The summed E-state index contributed by atoms with van der Waals surface area (Å²) in [6, 6.07) is 4.05. The van der Waals surface area contributed by atoms with Gasteiger partial charge in [-0.2, -0.15) is 0 Å². The molecule has 0 spiro atoms. The summed E-state index contributed by atoms with van der Waals surface area (Å²) in [6.07, 6.45) is 7.83. The molecule has 4 saturated carbocycles. The van der Waals surface area contributed by atoms with E-state index < -0.39 is 0 Å². The van der Waals surface area contributed by atoms with E-state index in [1.54, 1.807) is 14.2 Å². The Bertz CT molecular complexity index is 710. The molecule has 5 nitrogen and oxygen atoms in total. The van der Waals surface area contributed by atoms with Gasteiger partial charge >= 0.3 is 0 Å². The van der Waals surface area contributed by atoms with Crippen LogP contribution in [-0.2, 0) is 11.3 Å². The molecule has 1 atom stereocenters. The molecule has 0 saturated heterocycles. The van der Waals surface area contributed by atoms with E-state index in [1.807, 2.05) is 12.1 Å². The summed E-state index contributed by atoms with van der Waals surface area (Å²) in [7, 11) is 5.41. The van der Waals surface area contributed by atoms with Crippen molar-refractivity contribution in [3.05, 3.63) is 23.3 Å². The summed E-state index contributed by atoms with van der Waals surface area (Å²) in [4.78, 5) is 14.1.